The molecule has 0 N–H and O–H groups in total. The van der Waals surface area contributed by atoms with Crippen molar-refractivity contribution in [2.24, 2.45) is 12.0 Å². The molecule has 1 aromatic heterocycles. The molecule has 0 bridgehead atoms. The molecule has 0 saturated heterocycles. The number of ether oxygens (including phenoxy) is 1. The summed E-state index contributed by atoms with van der Waals surface area (Å²) < 4.78 is 6.74. The Morgan fingerprint density at radius 1 is 1.19 bits per heavy atom. The Hall–Kier alpha value is -1.88. The molecule has 2 aromatic rings. The lowest BCUT2D eigenvalue weighted by Gasteiger charge is -2.06. The fourth-order valence-electron chi connectivity index (χ4n) is 2.35. The van der Waals surface area contributed by atoms with Gasteiger partial charge in [-0.05, 0) is 38.8 Å². The van der Waals surface area contributed by atoms with Crippen LogP contribution in [0.25, 0.3) is 0 Å². The van der Waals surface area contributed by atoms with E-state index >= 15 is 0 Å². The summed E-state index contributed by atoms with van der Waals surface area (Å²) in [5, 5.41) is 0. The van der Waals surface area contributed by atoms with Crippen molar-refractivity contribution in [3.05, 3.63) is 44.2 Å². The molecule has 4 nitrogen and oxygen atoms in total. The van der Waals surface area contributed by atoms with E-state index in [0.717, 1.165) is 27.3 Å². The van der Waals surface area contributed by atoms with E-state index in [4.69, 9.17) is 9.73 Å². The molecule has 0 unspecified atom stereocenters. The monoisotopic (exact) mass is 304 g/mol. The second-order valence-electron chi connectivity index (χ2n) is 5.21. The van der Waals surface area contributed by atoms with Gasteiger partial charge in [0.25, 0.3) is 0 Å². The summed E-state index contributed by atoms with van der Waals surface area (Å²) in [7, 11) is 3.31. The van der Waals surface area contributed by atoms with Gasteiger partial charge in [0.05, 0.1) is 12.8 Å². The number of hydrogen-bond donors (Lipinski definition) is 0. The molecule has 21 heavy (non-hydrogen) atoms. The number of carbonyl (C=O) groups excluding carboxylic acids is 1. The number of hydrogen-bond acceptors (Lipinski definition) is 4. The van der Waals surface area contributed by atoms with E-state index in [1.54, 1.807) is 0 Å². The Morgan fingerprint density at radius 2 is 1.76 bits per heavy atom. The SMILES string of the molecule is COC(=O)c1sc(=Nc2c(C)cc(C)cc2C)n(C)c1C. The molecule has 5 heteroatoms. The van der Waals surface area contributed by atoms with Crippen LogP contribution < -0.4 is 4.80 Å². The molecule has 0 saturated carbocycles. The van der Waals surface area contributed by atoms with Crippen molar-refractivity contribution in [1.29, 1.82) is 0 Å². The lowest BCUT2D eigenvalue weighted by molar-refractivity contribution is 0.0605. The van der Waals surface area contributed by atoms with E-state index in [1.165, 1.54) is 24.0 Å². The van der Waals surface area contributed by atoms with E-state index in [1.807, 2.05) is 18.5 Å². The standard InChI is InChI=1S/C16H20N2O2S/c1-9-7-10(2)13(11(3)8-9)17-16-18(5)12(4)14(21-16)15(19)20-6/h7-8H,1-6H3. The Labute approximate surface area is 128 Å². The van der Waals surface area contributed by atoms with Gasteiger partial charge >= 0.3 is 5.97 Å². The van der Waals surface area contributed by atoms with Crippen LogP contribution in [-0.4, -0.2) is 17.6 Å². The molecule has 0 aliphatic rings. The molecule has 2 rings (SSSR count). The van der Waals surface area contributed by atoms with Gasteiger partial charge in [-0.1, -0.05) is 29.0 Å². The first-order valence-corrected chi connectivity index (χ1v) is 7.54. The maximum absolute atomic E-state index is 11.8. The Bertz CT molecular complexity index is 746. The summed E-state index contributed by atoms with van der Waals surface area (Å²) >= 11 is 1.36. The predicted octanol–water partition coefficient (Wildman–Crippen LogP) is 3.34. The van der Waals surface area contributed by atoms with Gasteiger partial charge < -0.3 is 9.30 Å². The third kappa shape index (κ3) is 2.93. The average molecular weight is 304 g/mol. The molecule has 0 spiro atoms. The van der Waals surface area contributed by atoms with Crippen LogP contribution in [0.3, 0.4) is 0 Å². The van der Waals surface area contributed by atoms with E-state index in [-0.39, 0.29) is 5.97 Å². The highest BCUT2D eigenvalue weighted by Gasteiger charge is 2.15. The average Bonchev–Trinajstić information content (AvgIpc) is 2.70. The van der Waals surface area contributed by atoms with Crippen molar-refractivity contribution in [2.75, 3.05) is 7.11 Å². The maximum Gasteiger partial charge on any atom is 0.349 e. The molecule has 1 aromatic carbocycles. The highest BCUT2D eigenvalue weighted by atomic mass is 32.1. The van der Waals surface area contributed by atoms with E-state index in [0.29, 0.717) is 4.88 Å². The zero-order chi connectivity index (χ0) is 15.7. The zero-order valence-electron chi connectivity index (χ0n) is 13.3. The lowest BCUT2D eigenvalue weighted by atomic mass is 10.1. The van der Waals surface area contributed by atoms with Crippen molar-refractivity contribution >= 4 is 23.0 Å². The molecule has 0 aliphatic carbocycles. The van der Waals surface area contributed by atoms with Crippen LogP contribution in [0.2, 0.25) is 0 Å². The first kappa shape index (κ1) is 15.5. The summed E-state index contributed by atoms with van der Waals surface area (Å²) in [6.07, 6.45) is 0. The van der Waals surface area contributed by atoms with Gasteiger partial charge in [0.2, 0.25) is 0 Å². The van der Waals surface area contributed by atoms with Crippen LogP contribution in [0.4, 0.5) is 5.69 Å². The van der Waals surface area contributed by atoms with Crippen molar-refractivity contribution in [3.8, 4) is 0 Å². The van der Waals surface area contributed by atoms with Gasteiger partial charge in [0.15, 0.2) is 4.80 Å². The first-order chi connectivity index (χ1) is 9.85. The molecule has 0 aliphatic heterocycles. The van der Waals surface area contributed by atoms with E-state index < -0.39 is 0 Å². The number of thiazole rings is 1. The topological polar surface area (TPSA) is 43.6 Å². The summed E-state index contributed by atoms with van der Waals surface area (Å²) in [5.74, 6) is -0.313. The van der Waals surface area contributed by atoms with Gasteiger partial charge in [-0.2, -0.15) is 0 Å². The summed E-state index contributed by atoms with van der Waals surface area (Å²) in [6.45, 7) is 8.09. The molecular formula is C16H20N2O2S. The summed E-state index contributed by atoms with van der Waals surface area (Å²) in [5.41, 5.74) is 5.34. The minimum absolute atomic E-state index is 0.313. The third-order valence-electron chi connectivity index (χ3n) is 3.53. The number of carbonyl (C=O) groups is 1. The van der Waals surface area contributed by atoms with Crippen LogP contribution in [0.1, 0.15) is 32.1 Å². The quantitative estimate of drug-likeness (QED) is 0.799. The minimum Gasteiger partial charge on any atom is -0.465 e. The van der Waals surface area contributed by atoms with Crippen LogP contribution in [0, 0.1) is 27.7 Å². The lowest BCUT2D eigenvalue weighted by Crippen LogP contribution is -2.11. The fraction of sp³-hybridized carbons (Fsp3) is 0.375. The largest absolute Gasteiger partial charge is 0.465 e. The van der Waals surface area contributed by atoms with Crippen molar-refractivity contribution in [3.63, 3.8) is 0 Å². The molecule has 0 atom stereocenters. The number of methoxy groups -OCH3 is 1. The van der Waals surface area contributed by atoms with Gasteiger partial charge in [-0.3, -0.25) is 0 Å². The number of rotatable bonds is 2. The van der Waals surface area contributed by atoms with Crippen molar-refractivity contribution in [2.45, 2.75) is 27.7 Å². The van der Waals surface area contributed by atoms with Crippen LogP contribution in [-0.2, 0) is 11.8 Å². The summed E-state index contributed by atoms with van der Waals surface area (Å²) in [4.78, 5) is 17.9. The van der Waals surface area contributed by atoms with Gasteiger partial charge in [0, 0.05) is 12.7 Å². The minimum atomic E-state index is -0.313. The van der Waals surface area contributed by atoms with Crippen LogP contribution in [0.15, 0.2) is 17.1 Å². The van der Waals surface area contributed by atoms with Gasteiger partial charge in [-0.15, -0.1) is 0 Å². The van der Waals surface area contributed by atoms with E-state index in [9.17, 15) is 4.79 Å². The molecule has 0 fully saturated rings. The predicted molar refractivity (Wildman–Crippen MR) is 85.2 cm³/mol. The highest BCUT2D eigenvalue weighted by Crippen LogP contribution is 2.25. The van der Waals surface area contributed by atoms with Crippen molar-refractivity contribution < 1.29 is 9.53 Å². The molecule has 0 amide bonds. The van der Waals surface area contributed by atoms with E-state index in [2.05, 4.69) is 32.9 Å². The number of nitrogens with zero attached hydrogens (tertiary/aromatic N) is 2. The highest BCUT2D eigenvalue weighted by molar-refractivity contribution is 7.11. The molecule has 1 heterocycles. The zero-order valence-corrected chi connectivity index (χ0v) is 14.1. The second-order valence-corrected chi connectivity index (χ2v) is 6.19. The molecule has 0 radical (unpaired) electrons. The number of benzene rings is 1. The third-order valence-corrected chi connectivity index (χ3v) is 4.74. The summed E-state index contributed by atoms with van der Waals surface area (Å²) in [6, 6.07) is 4.24. The van der Waals surface area contributed by atoms with Gasteiger partial charge in [0.1, 0.15) is 4.88 Å². The smallest absolute Gasteiger partial charge is 0.349 e. The van der Waals surface area contributed by atoms with Crippen LogP contribution >= 0.6 is 11.3 Å². The van der Waals surface area contributed by atoms with Crippen LogP contribution in [0.5, 0.6) is 0 Å². The van der Waals surface area contributed by atoms with Crippen molar-refractivity contribution in [1.82, 2.24) is 4.57 Å². The number of aromatic nitrogens is 1. The Kier molecular flexibility index (Phi) is 4.32. The van der Waals surface area contributed by atoms with Gasteiger partial charge in [-0.25, -0.2) is 9.79 Å². The fourth-order valence-corrected chi connectivity index (χ4v) is 3.40. The maximum atomic E-state index is 11.8. The Balaban J connectivity index is 2.65. The molecule has 112 valence electrons. The normalized spacial score (nSPS) is 11.8. The Morgan fingerprint density at radius 3 is 2.29 bits per heavy atom. The number of esters is 1. The first-order valence-electron chi connectivity index (χ1n) is 6.72. The number of aryl methyl sites for hydroxylation is 3. The molecular weight excluding hydrogens is 284 g/mol. The second kappa shape index (κ2) is 5.85.